The summed E-state index contributed by atoms with van der Waals surface area (Å²) in [5.74, 6) is -0.304. The Bertz CT molecular complexity index is 501. The lowest BCUT2D eigenvalue weighted by atomic mass is 10.2. The van der Waals surface area contributed by atoms with Crippen LogP contribution in [0.3, 0.4) is 0 Å². The van der Waals surface area contributed by atoms with E-state index in [4.69, 9.17) is 0 Å². The molecule has 5 heteroatoms. The molecule has 1 atom stereocenters. The molecule has 1 heterocycles. The average Bonchev–Trinajstić information content (AvgIpc) is 2.73. The third kappa shape index (κ3) is 3.01. The van der Waals surface area contributed by atoms with Crippen LogP contribution < -0.4 is 5.32 Å². The second-order valence-electron chi connectivity index (χ2n) is 3.72. The summed E-state index contributed by atoms with van der Waals surface area (Å²) in [4.78, 5) is 4.30. The van der Waals surface area contributed by atoms with Gasteiger partial charge in [-0.25, -0.2) is 9.37 Å². The summed E-state index contributed by atoms with van der Waals surface area (Å²) in [6.45, 7) is 1.82. The first kappa shape index (κ1) is 12.0. The van der Waals surface area contributed by atoms with E-state index in [9.17, 15) is 9.50 Å². The number of halogens is 1. The Hall–Kier alpha value is -1.46. The average molecular weight is 252 g/mol. The number of aliphatic hydroxyl groups is 1. The van der Waals surface area contributed by atoms with E-state index in [0.29, 0.717) is 5.69 Å². The molecule has 1 aromatic carbocycles. The highest BCUT2D eigenvalue weighted by Gasteiger charge is 2.13. The molecule has 17 heavy (non-hydrogen) atoms. The normalized spacial score (nSPS) is 12.4. The number of hydrogen-bond donors (Lipinski definition) is 2. The molecule has 0 aliphatic rings. The van der Waals surface area contributed by atoms with Gasteiger partial charge in [0.05, 0.1) is 6.61 Å². The monoisotopic (exact) mass is 252 g/mol. The van der Waals surface area contributed by atoms with Crippen molar-refractivity contribution < 1.29 is 9.50 Å². The van der Waals surface area contributed by atoms with Crippen molar-refractivity contribution in [2.24, 2.45) is 0 Å². The van der Waals surface area contributed by atoms with E-state index in [-0.39, 0.29) is 18.5 Å². The second kappa shape index (κ2) is 5.25. The Kier molecular flexibility index (Phi) is 3.71. The lowest BCUT2D eigenvalue weighted by Gasteiger charge is -2.15. The van der Waals surface area contributed by atoms with Gasteiger partial charge in [0.2, 0.25) is 0 Å². The zero-order valence-corrected chi connectivity index (χ0v) is 10.2. The molecule has 3 nitrogen and oxygen atoms in total. The van der Waals surface area contributed by atoms with Gasteiger partial charge in [0.15, 0.2) is 0 Å². The Morgan fingerprint density at radius 3 is 2.94 bits per heavy atom. The van der Waals surface area contributed by atoms with Gasteiger partial charge < -0.3 is 10.4 Å². The number of aryl methyl sites for hydroxylation is 1. The van der Waals surface area contributed by atoms with Crippen molar-refractivity contribution in [2.75, 3.05) is 11.9 Å². The van der Waals surface area contributed by atoms with Crippen LogP contribution in [0, 0.1) is 12.7 Å². The first-order valence-electron chi connectivity index (χ1n) is 5.24. The largest absolute Gasteiger partial charge is 0.394 e. The van der Waals surface area contributed by atoms with E-state index < -0.39 is 0 Å². The molecule has 2 aromatic rings. The van der Waals surface area contributed by atoms with E-state index in [1.54, 1.807) is 12.1 Å². The molecular weight excluding hydrogens is 239 g/mol. The Labute approximate surface area is 103 Å². The summed E-state index contributed by atoms with van der Waals surface area (Å²) in [6.07, 6.45) is 0. The fraction of sp³-hybridized carbons (Fsp3) is 0.250. The summed E-state index contributed by atoms with van der Waals surface area (Å²) in [5, 5.41) is 15.1. The van der Waals surface area contributed by atoms with E-state index in [1.807, 2.05) is 12.3 Å². The lowest BCUT2D eigenvalue weighted by molar-refractivity contribution is 0.276. The highest BCUT2D eigenvalue weighted by Crippen LogP contribution is 2.22. The van der Waals surface area contributed by atoms with Gasteiger partial charge in [0, 0.05) is 16.8 Å². The van der Waals surface area contributed by atoms with Crippen LogP contribution in [0.2, 0.25) is 0 Å². The van der Waals surface area contributed by atoms with Crippen LogP contribution in [0.15, 0.2) is 29.6 Å². The molecule has 2 rings (SSSR count). The topological polar surface area (TPSA) is 45.1 Å². The summed E-state index contributed by atoms with van der Waals surface area (Å²) >= 11 is 1.48. The van der Waals surface area contributed by atoms with E-state index in [1.165, 1.54) is 23.5 Å². The summed E-state index contributed by atoms with van der Waals surface area (Å²) in [6, 6.07) is 5.86. The molecule has 0 saturated carbocycles. The zero-order valence-electron chi connectivity index (χ0n) is 9.35. The van der Waals surface area contributed by atoms with Crippen molar-refractivity contribution in [3.8, 4) is 0 Å². The number of benzene rings is 1. The molecule has 0 amide bonds. The first-order chi connectivity index (χ1) is 8.19. The molecule has 0 spiro atoms. The third-order valence-electron chi connectivity index (χ3n) is 2.28. The molecule has 0 saturated heterocycles. The van der Waals surface area contributed by atoms with Crippen molar-refractivity contribution in [1.29, 1.82) is 0 Å². The molecule has 0 radical (unpaired) electrons. The minimum absolute atomic E-state index is 0.0799. The van der Waals surface area contributed by atoms with Gasteiger partial charge in [-0.3, -0.25) is 0 Å². The highest BCUT2D eigenvalue weighted by molar-refractivity contribution is 7.09. The van der Waals surface area contributed by atoms with Crippen LogP contribution in [0.1, 0.15) is 16.7 Å². The van der Waals surface area contributed by atoms with Gasteiger partial charge in [-0.2, -0.15) is 0 Å². The van der Waals surface area contributed by atoms with Gasteiger partial charge in [0.25, 0.3) is 0 Å². The predicted molar refractivity (Wildman–Crippen MR) is 66.7 cm³/mol. The molecule has 0 fully saturated rings. The number of hydrogen-bond acceptors (Lipinski definition) is 4. The zero-order chi connectivity index (χ0) is 12.3. The van der Waals surface area contributed by atoms with E-state index in [0.717, 1.165) is 10.7 Å². The number of rotatable bonds is 4. The molecule has 0 aliphatic heterocycles. The van der Waals surface area contributed by atoms with Crippen LogP contribution >= 0.6 is 11.3 Å². The molecule has 90 valence electrons. The molecule has 0 aliphatic carbocycles. The van der Waals surface area contributed by atoms with Crippen molar-refractivity contribution in [3.05, 3.63) is 46.2 Å². The standard InChI is InChI=1S/C12H13FN2OS/c1-8-7-17-12(14-8)11(6-16)15-10-4-2-3-9(13)5-10/h2-5,7,11,15-16H,6H2,1H3. The molecule has 1 unspecified atom stereocenters. The van der Waals surface area contributed by atoms with Crippen molar-refractivity contribution in [2.45, 2.75) is 13.0 Å². The number of thiazole rings is 1. The van der Waals surface area contributed by atoms with Gasteiger partial charge in [-0.1, -0.05) is 6.07 Å². The van der Waals surface area contributed by atoms with Gasteiger partial charge in [-0.15, -0.1) is 11.3 Å². The van der Waals surface area contributed by atoms with Crippen molar-refractivity contribution in [1.82, 2.24) is 4.98 Å². The summed E-state index contributed by atoms with van der Waals surface area (Å²) in [5.41, 5.74) is 1.56. The number of anilines is 1. The Morgan fingerprint density at radius 2 is 2.35 bits per heavy atom. The lowest BCUT2D eigenvalue weighted by Crippen LogP contribution is -2.14. The maximum absolute atomic E-state index is 13.0. The minimum Gasteiger partial charge on any atom is -0.394 e. The summed E-state index contributed by atoms with van der Waals surface area (Å²) < 4.78 is 13.0. The van der Waals surface area contributed by atoms with E-state index in [2.05, 4.69) is 10.3 Å². The van der Waals surface area contributed by atoms with Crippen molar-refractivity contribution in [3.63, 3.8) is 0 Å². The van der Waals surface area contributed by atoms with Gasteiger partial charge >= 0.3 is 0 Å². The quantitative estimate of drug-likeness (QED) is 0.879. The molecule has 2 N–H and O–H groups in total. The Morgan fingerprint density at radius 1 is 1.53 bits per heavy atom. The maximum atomic E-state index is 13.0. The smallest absolute Gasteiger partial charge is 0.125 e. The van der Waals surface area contributed by atoms with Crippen LogP contribution in [-0.2, 0) is 0 Å². The number of aliphatic hydroxyl groups excluding tert-OH is 1. The second-order valence-corrected chi connectivity index (χ2v) is 4.61. The van der Waals surface area contributed by atoms with Crippen LogP contribution in [0.4, 0.5) is 10.1 Å². The van der Waals surface area contributed by atoms with E-state index >= 15 is 0 Å². The Balaban J connectivity index is 2.15. The molecular formula is C12H13FN2OS. The summed E-state index contributed by atoms with van der Waals surface area (Å²) in [7, 11) is 0. The third-order valence-corrected chi connectivity index (χ3v) is 3.36. The van der Waals surface area contributed by atoms with Crippen LogP contribution in [-0.4, -0.2) is 16.7 Å². The molecule has 0 bridgehead atoms. The van der Waals surface area contributed by atoms with Crippen LogP contribution in [0.25, 0.3) is 0 Å². The fourth-order valence-corrected chi connectivity index (χ4v) is 2.34. The highest BCUT2D eigenvalue weighted by atomic mass is 32.1. The minimum atomic E-state index is -0.304. The first-order valence-corrected chi connectivity index (χ1v) is 6.12. The maximum Gasteiger partial charge on any atom is 0.125 e. The van der Waals surface area contributed by atoms with Crippen LogP contribution in [0.5, 0.6) is 0 Å². The number of nitrogens with one attached hydrogen (secondary N) is 1. The fourth-order valence-electron chi connectivity index (χ4n) is 1.50. The number of aromatic nitrogens is 1. The SMILES string of the molecule is Cc1csc(C(CO)Nc2cccc(F)c2)n1. The van der Waals surface area contributed by atoms with Gasteiger partial charge in [-0.05, 0) is 25.1 Å². The number of nitrogens with zero attached hydrogens (tertiary/aromatic N) is 1. The predicted octanol–water partition coefficient (Wildman–Crippen LogP) is 2.74. The van der Waals surface area contributed by atoms with Crippen molar-refractivity contribution >= 4 is 17.0 Å². The molecule has 1 aromatic heterocycles. The van der Waals surface area contributed by atoms with Gasteiger partial charge in [0.1, 0.15) is 16.9 Å².